The quantitative estimate of drug-likeness (QED) is 0.842. The van der Waals surface area contributed by atoms with Gasteiger partial charge in [-0.2, -0.15) is 9.57 Å². The first-order chi connectivity index (χ1) is 9.46. The maximum Gasteiger partial charge on any atom is 0.244 e. The van der Waals surface area contributed by atoms with Gasteiger partial charge in [0.2, 0.25) is 10.0 Å². The fourth-order valence-corrected chi connectivity index (χ4v) is 4.13. The normalized spacial score (nSPS) is 18.1. The minimum atomic E-state index is -3.56. The molecule has 108 valence electrons. The highest BCUT2D eigenvalue weighted by Gasteiger charge is 2.31. The van der Waals surface area contributed by atoms with Gasteiger partial charge in [-0.3, -0.25) is 0 Å². The van der Waals surface area contributed by atoms with Gasteiger partial charge in [0.1, 0.15) is 6.07 Å². The van der Waals surface area contributed by atoms with Crippen molar-refractivity contribution in [3.63, 3.8) is 0 Å². The lowest BCUT2D eigenvalue weighted by Gasteiger charge is -2.34. The molecule has 1 heterocycles. The molecule has 0 saturated carbocycles. The average Bonchev–Trinajstić information content (AvgIpc) is 2.47. The van der Waals surface area contributed by atoms with Crippen molar-refractivity contribution in [2.75, 3.05) is 27.2 Å². The van der Waals surface area contributed by atoms with Crippen LogP contribution in [0.1, 0.15) is 18.4 Å². The largest absolute Gasteiger partial charge is 0.306 e. The molecule has 0 bridgehead atoms. The van der Waals surface area contributed by atoms with Crippen LogP contribution in [0.15, 0.2) is 29.2 Å². The Morgan fingerprint density at radius 3 is 2.40 bits per heavy atom. The van der Waals surface area contributed by atoms with Crippen LogP contribution < -0.4 is 0 Å². The monoisotopic (exact) mass is 293 g/mol. The zero-order chi connectivity index (χ0) is 14.8. The van der Waals surface area contributed by atoms with Crippen molar-refractivity contribution in [3.05, 3.63) is 29.8 Å². The molecule has 0 spiro atoms. The van der Waals surface area contributed by atoms with Gasteiger partial charge in [-0.15, -0.1) is 0 Å². The van der Waals surface area contributed by atoms with E-state index in [1.165, 1.54) is 10.4 Å². The standard InChI is InChI=1S/C14H19N3O2S/c1-16(2)13-7-9-17(10-8-13)20(18,19)14-6-4-3-5-12(14)11-15/h3-6,13H,7-10H2,1-2H3. The van der Waals surface area contributed by atoms with Gasteiger partial charge in [0.25, 0.3) is 0 Å². The maximum absolute atomic E-state index is 12.6. The summed E-state index contributed by atoms with van der Waals surface area (Å²) in [5.74, 6) is 0. The molecule has 0 N–H and O–H groups in total. The Morgan fingerprint density at radius 2 is 1.85 bits per heavy atom. The average molecular weight is 293 g/mol. The topological polar surface area (TPSA) is 64.4 Å². The van der Waals surface area contributed by atoms with E-state index in [1.54, 1.807) is 18.2 Å². The van der Waals surface area contributed by atoms with E-state index in [0.717, 1.165) is 12.8 Å². The predicted octanol–water partition coefficient (Wildman–Crippen LogP) is 1.27. The molecule has 1 aromatic carbocycles. The SMILES string of the molecule is CN(C)C1CCN(S(=O)(=O)c2ccccc2C#N)CC1. The number of piperidine rings is 1. The molecule has 0 aliphatic carbocycles. The zero-order valence-electron chi connectivity index (χ0n) is 11.8. The first-order valence-corrected chi connectivity index (χ1v) is 8.06. The van der Waals surface area contributed by atoms with E-state index >= 15 is 0 Å². The summed E-state index contributed by atoms with van der Waals surface area (Å²) in [6.45, 7) is 1.01. The summed E-state index contributed by atoms with van der Waals surface area (Å²) in [6.07, 6.45) is 1.64. The van der Waals surface area contributed by atoms with Crippen molar-refractivity contribution in [1.82, 2.24) is 9.21 Å². The van der Waals surface area contributed by atoms with Crippen LogP contribution in [0.25, 0.3) is 0 Å². The molecule has 2 rings (SSSR count). The van der Waals surface area contributed by atoms with E-state index in [1.807, 2.05) is 20.2 Å². The Kier molecular flexibility index (Phi) is 4.43. The molecule has 0 atom stereocenters. The summed E-state index contributed by atoms with van der Waals surface area (Å²) in [5.41, 5.74) is 0.210. The van der Waals surface area contributed by atoms with Gasteiger partial charge in [-0.1, -0.05) is 12.1 Å². The van der Waals surface area contributed by atoms with Crippen molar-refractivity contribution in [2.24, 2.45) is 0 Å². The van der Waals surface area contributed by atoms with E-state index in [-0.39, 0.29) is 10.5 Å². The Balaban J connectivity index is 2.23. The van der Waals surface area contributed by atoms with Crippen molar-refractivity contribution >= 4 is 10.0 Å². The first kappa shape index (κ1) is 15.0. The van der Waals surface area contributed by atoms with Gasteiger partial charge in [0.15, 0.2) is 0 Å². The molecule has 1 saturated heterocycles. The lowest BCUT2D eigenvalue weighted by molar-refractivity contribution is 0.196. The second-order valence-electron chi connectivity index (χ2n) is 5.21. The molecule has 1 fully saturated rings. The van der Waals surface area contributed by atoms with Crippen LogP contribution in [-0.4, -0.2) is 50.8 Å². The van der Waals surface area contributed by atoms with Crippen molar-refractivity contribution in [1.29, 1.82) is 5.26 Å². The van der Waals surface area contributed by atoms with Gasteiger partial charge < -0.3 is 4.90 Å². The molecule has 5 nitrogen and oxygen atoms in total. The van der Waals surface area contributed by atoms with Crippen LogP contribution in [0.2, 0.25) is 0 Å². The molecule has 0 aromatic heterocycles. The fraction of sp³-hybridized carbons (Fsp3) is 0.500. The number of hydrogen-bond donors (Lipinski definition) is 0. The highest BCUT2D eigenvalue weighted by atomic mass is 32.2. The fourth-order valence-electron chi connectivity index (χ4n) is 2.52. The van der Waals surface area contributed by atoms with E-state index in [4.69, 9.17) is 5.26 Å². The second kappa shape index (κ2) is 5.92. The lowest BCUT2D eigenvalue weighted by Crippen LogP contribution is -2.44. The summed E-state index contributed by atoms with van der Waals surface area (Å²) in [7, 11) is 0.466. The van der Waals surface area contributed by atoms with Gasteiger partial charge in [0.05, 0.1) is 10.5 Å². The van der Waals surface area contributed by atoms with E-state index < -0.39 is 10.0 Å². The molecule has 0 unspecified atom stereocenters. The van der Waals surface area contributed by atoms with Gasteiger partial charge in [-0.05, 0) is 39.1 Å². The Hall–Kier alpha value is -1.42. The van der Waals surface area contributed by atoms with Gasteiger partial charge in [0, 0.05) is 19.1 Å². The molecule has 0 radical (unpaired) electrons. The molecular weight excluding hydrogens is 274 g/mol. The lowest BCUT2D eigenvalue weighted by atomic mass is 10.1. The second-order valence-corrected chi connectivity index (χ2v) is 7.11. The third kappa shape index (κ3) is 2.85. The Labute approximate surface area is 120 Å². The number of sulfonamides is 1. The van der Waals surface area contributed by atoms with E-state index in [9.17, 15) is 8.42 Å². The molecule has 20 heavy (non-hydrogen) atoms. The minimum Gasteiger partial charge on any atom is -0.306 e. The van der Waals surface area contributed by atoms with E-state index in [2.05, 4.69) is 4.90 Å². The highest BCUT2D eigenvalue weighted by Crippen LogP contribution is 2.24. The van der Waals surface area contributed by atoms with Crippen molar-refractivity contribution < 1.29 is 8.42 Å². The van der Waals surface area contributed by atoms with Crippen LogP contribution >= 0.6 is 0 Å². The molecule has 1 aliphatic rings. The van der Waals surface area contributed by atoms with Crippen LogP contribution in [0, 0.1) is 11.3 Å². The summed E-state index contributed by atoms with van der Waals surface area (Å²) in [4.78, 5) is 2.25. The van der Waals surface area contributed by atoms with Crippen molar-refractivity contribution in [2.45, 2.75) is 23.8 Å². The number of benzene rings is 1. The molecule has 1 aliphatic heterocycles. The molecule has 1 aromatic rings. The summed E-state index contributed by atoms with van der Waals surface area (Å²) >= 11 is 0. The smallest absolute Gasteiger partial charge is 0.244 e. The predicted molar refractivity (Wildman–Crippen MR) is 76.6 cm³/mol. The van der Waals surface area contributed by atoms with Crippen LogP contribution in [-0.2, 0) is 10.0 Å². The number of nitrogens with zero attached hydrogens (tertiary/aromatic N) is 3. The van der Waals surface area contributed by atoms with Crippen LogP contribution in [0.5, 0.6) is 0 Å². The number of hydrogen-bond acceptors (Lipinski definition) is 4. The zero-order valence-corrected chi connectivity index (χ0v) is 12.6. The summed E-state index contributed by atoms with van der Waals surface area (Å²) in [6, 6.07) is 8.75. The third-order valence-corrected chi connectivity index (χ3v) is 5.74. The Morgan fingerprint density at radius 1 is 1.25 bits per heavy atom. The van der Waals surface area contributed by atoms with Crippen LogP contribution in [0.4, 0.5) is 0 Å². The minimum absolute atomic E-state index is 0.116. The van der Waals surface area contributed by atoms with Gasteiger partial charge >= 0.3 is 0 Å². The first-order valence-electron chi connectivity index (χ1n) is 6.62. The number of rotatable bonds is 3. The molecule has 6 heteroatoms. The van der Waals surface area contributed by atoms with Gasteiger partial charge in [-0.25, -0.2) is 8.42 Å². The van der Waals surface area contributed by atoms with E-state index in [0.29, 0.717) is 19.1 Å². The maximum atomic E-state index is 12.6. The number of nitriles is 1. The molecule has 0 amide bonds. The molecular formula is C14H19N3O2S. The summed E-state index contributed by atoms with van der Waals surface area (Å²) < 4.78 is 26.7. The van der Waals surface area contributed by atoms with Crippen molar-refractivity contribution in [3.8, 4) is 6.07 Å². The van der Waals surface area contributed by atoms with Crippen LogP contribution in [0.3, 0.4) is 0 Å². The Bertz CT molecular complexity index is 612. The third-order valence-electron chi connectivity index (χ3n) is 3.78. The summed E-state index contributed by atoms with van der Waals surface area (Å²) in [5, 5.41) is 9.06. The highest BCUT2D eigenvalue weighted by molar-refractivity contribution is 7.89.